The highest BCUT2D eigenvalue weighted by molar-refractivity contribution is 5.90. The van der Waals surface area contributed by atoms with Crippen LogP contribution in [0.4, 0.5) is 11.4 Å². The average molecular weight is 1400 g/mol. The van der Waals surface area contributed by atoms with Crippen molar-refractivity contribution in [2.45, 2.75) is 50.4 Å². The number of benzene rings is 14. The van der Waals surface area contributed by atoms with E-state index in [1.165, 1.54) is 0 Å². The molecule has 2 unspecified atom stereocenters. The highest BCUT2D eigenvalue weighted by Gasteiger charge is 2.59. The van der Waals surface area contributed by atoms with Crippen molar-refractivity contribution >= 4 is 78.8 Å². The minimum atomic E-state index is -0.689. The van der Waals surface area contributed by atoms with Crippen LogP contribution in [0.25, 0.3) is 77.1 Å². The molecule has 16 rings (SSSR count). The molecule has 12 heteroatoms. The minimum Gasteiger partial charge on any atom is -0.468 e. The fourth-order valence-corrected chi connectivity index (χ4v) is 15.3. The van der Waals surface area contributed by atoms with Crippen LogP contribution >= 0.6 is 0 Å². The van der Waals surface area contributed by atoms with Crippen LogP contribution in [0.2, 0.25) is 0 Å². The van der Waals surface area contributed by atoms with Gasteiger partial charge in [-0.2, -0.15) is 10.5 Å². The highest BCUT2D eigenvalue weighted by atomic mass is 16.5. The van der Waals surface area contributed by atoms with E-state index in [1.54, 1.807) is 97.1 Å². The number of para-hydroxylation sites is 2. The van der Waals surface area contributed by atoms with E-state index in [2.05, 4.69) is 88.0 Å². The summed E-state index contributed by atoms with van der Waals surface area (Å²) >= 11 is 0. The molecule has 0 fully saturated rings. The van der Waals surface area contributed by atoms with Crippen LogP contribution in [0.3, 0.4) is 0 Å². The molecule has 518 valence electrons. The molecule has 0 spiro atoms. The quantitative estimate of drug-likeness (QED) is 0.0680. The van der Waals surface area contributed by atoms with E-state index < -0.39 is 10.8 Å². The predicted octanol–water partition coefficient (Wildman–Crippen LogP) is 27.5. The first-order chi connectivity index (χ1) is 52.5. The van der Waals surface area contributed by atoms with Crippen molar-refractivity contribution in [3.8, 4) is 104 Å². The Balaban J connectivity index is 0.812. The van der Waals surface area contributed by atoms with Crippen LogP contribution in [-0.4, -0.2) is 0 Å². The molecular formula is C96H66N4O8. The third-order valence-corrected chi connectivity index (χ3v) is 20.6. The van der Waals surface area contributed by atoms with Gasteiger partial charge >= 0.3 is 0 Å². The van der Waals surface area contributed by atoms with E-state index >= 15 is 0 Å². The number of nitriles is 2. The Bertz CT molecular complexity index is 5950. The van der Waals surface area contributed by atoms with E-state index in [4.69, 9.17) is 51.0 Å². The largest absolute Gasteiger partial charge is 0.468 e. The fraction of sp³-hybridized carbons (Fsp3) is 0.0833. The van der Waals surface area contributed by atoms with Gasteiger partial charge in [-0.05, 0) is 244 Å². The lowest BCUT2D eigenvalue weighted by Gasteiger charge is -2.31. The minimum absolute atomic E-state index is 0.118. The second kappa shape index (κ2) is 27.6. The SMILES string of the molecule is [C-]#[N+]c1c(Oc2ccc3cc(C=C)ccc3c2)cccc1Oc1cc2c(cc1Oc1cccc(Oc3ccc4cc(C=C)ccc4c3)c1[N+]#[C-])C(C)(C)C1c3cc(Oc4cccc(Oc5ccc6cc(C=C)ccc6c5)c4C#N)c(Oc4cccc(Oc5ccc6cc(C=C)ccc6c5)c4C#N)cc3C(C)(C)C21. The van der Waals surface area contributed by atoms with Crippen molar-refractivity contribution in [1.29, 1.82) is 10.5 Å². The Labute approximate surface area is 625 Å². The van der Waals surface area contributed by atoms with Crippen LogP contribution in [-0.2, 0) is 10.8 Å². The van der Waals surface area contributed by atoms with E-state index in [0.29, 0.717) is 23.0 Å². The van der Waals surface area contributed by atoms with Gasteiger partial charge in [0.05, 0.1) is 13.1 Å². The van der Waals surface area contributed by atoms with Gasteiger partial charge in [-0.15, -0.1) is 0 Å². The molecule has 14 aromatic rings. The highest BCUT2D eigenvalue weighted by Crippen LogP contribution is 2.70. The molecule has 0 saturated carbocycles. The lowest BCUT2D eigenvalue weighted by atomic mass is 9.72. The van der Waals surface area contributed by atoms with Gasteiger partial charge in [0.25, 0.3) is 11.4 Å². The number of hydrogen-bond acceptors (Lipinski definition) is 10. The molecule has 2 aliphatic rings. The van der Waals surface area contributed by atoms with Gasteiger partial charge in [0, 0.05) is 11.8 Å². The molecule has 0 saturated heterocycles. The van der Waals surface area contributed by atoms with Crippen LogP contribution in [0.5, 0.6) is 92.0 Å². The first-order valence-electron chi connectivity index (χ1n) is 35.1. The summed E-state index contributed by atoms with van der Waals surface area (Å²) in [5.41, 5.74) is 6.87. The molecule has 2 aliphatic carbocycles. The molecule has 0 aromatic heterocycles. The van der Waals surface area contributed by atoms with E-state index in [1.807, 2.05) is 158 Å². The van der Waals surface area contributed by atoms with Crippen LogP contribution in [0.15, 0.2) is 269 Å². The lowest BCUT2D eigenvalue weighted by Crippen LogP contribution is -2.25. The zero-order valence-electron chi connectivity index (χ0n) is 59.4. The molecule has 2 atom stereocenters. The topological polar surface area (TPSA) is 130 Å². The maximum atomic E-state index is 11.2. The molecule has 108 heavy (non-hydrogen) atoms. The third kappa shape index (κ3) is 12.4. The number of ether oxygens (including phenoxy) is 8. The van der Waals surface area contributed by atoms with E-state index in [9.17, 15) is 10.5 Å². The van der Waals surface area contributed by atoms with Gasteiger partial charge < -0.3 is 37.9 Å². The van der Waals surface area contributed by atoms with Gasteiger partial charge in [-0.3, -0.25) is 0 Å². The van der Waals surface area contributed by atoms with Gasteiger partial charge in [0.2, 0.25) is 0 Å². The molecule has 0 radical (unpaired) electrons. The van der Waals surface area contributed by atoms with Crippen LogP contribution < -0.4 is 37.9 Å². The number of fused-ring (bicyclic) bond motifs is 9. The molecular weight excluding hydrogens is 1340 g/mol. The summed E-state index contributed by atoms with van der Waals surface area (Å²) in [6.07, 6.45) is 7.21. The summed E-state index contributed by atoms with van der Waals surface area (Å²) in [5.74, 6) is 4.49. The molecule has 0 amide bonds. The summed E-state index contributed by atoms with van der Waals surface area (Å²) in [7, 11) is 0. The Morgan fingerprint density at radius 1 is 0.306 bits per heavy atom. The maximum absolute atomic E-state index is 11.2. The molecule has 0 bridgehead atoms. The van der Waals surface area contributed by atoms with Gasteiger partial charge in [-0.25, -0.2) is 9.69 Å². The number of hydrogen-bond donors (Lipinski definition) is 0. The lowest BCUT2D eigenvalue weighted by molar-refractivity contribution is 0.348. The smallest absolute Gasteiger partial charge is 0.270 e. The monoisotopic (exact) mass is 1400 g/mol. The maximum Gasteiger partial charge on any atom is 0.270 e. The summed E-state index contributed by atoms with van der Waals surface area (Å²) in [5, 5.41) is 30.1. The summed E-state index contributed by atoms with van der Waals surface area (Å²) in [6, 6.07) is 80.9. The first-order valence-corrected chi connectivity index (χ1v) is 35.1. The fourth-order valence-electron chi connectivity index (χ4n) is 15.3. The Morgan fingerprint density at radius 2 is 0.546 bits per heavy atom. The van der Waals surface area contributed by atoms with Crippen molar-refractivity contribution in [3.63, 3.8) is 0 Å². The molecule has 14 aromatic carbocycles. The summed E-state index contributed by atoms with van der Waals surface area (Å²) < 4.78 is 54.6. The zero-order chi connectivity index (χ0) is 74.5. The van der Waals surface area contributed by atoms with Crippen molar-refractivity contribution in [2.75, 3.05) is 0 Å². The van der Waals surface area contributed by atoms with E-state index in [0.717, 1.165) is 87.6 Å². The summed E-state index contributed by atoms with van der Waals surface area (Å²) in [4.78, 5) is 8.09. The van der Waals surface area contributed by atoms with Crippen molar-refractivity contribution < 1.29 is 37.9 Å². The predicted molar refractivity (Wildman–Crippen MR) is 429 cm³/mol. The summed E-state index contributed by atoms with van der Waals surface area (Å²) in [6.45, 7) is 41.9. The van der Waals surface area contributed by atoms with Gasteiger partial charge in [0.1, 0.15) is 92.3 Å². The average Bonchev–Trinajstić information content (AvgIpc) is 1.52. The van der Waals surface area contributed by atoms with Crippen molar-refractivity contribution in [2.24, 2.45) is 0 Å². The Kier molecular flexibility index (Phi) is 17.3. The second-order valence-corrected chi connectivity index (χ2v) is 27.8. The van der Waals surface area contributed by atoms with Gasteiger partial charge in [0.15, 0.2) is 23.0 Å². The van der Waals surface area contributed by atoms with E-state index in [-0.39, 0.29) is 103 Å². The number of rotatable bonds is 20. The third-order valence-electron chi connectivity index (χ3n) is 20.6. The molecule has 0 heterocycles. The Morgan fingerprint density at radius 3 is 0.833 bits per heavy atom. The first kappa shape index (κ1) is 67.9. The number of nitrogens with zero attached hydrogens (tertiary/aromatic N) is 4. The van der Waals surface area contributed by atoms with Gasteiger partial charge in [-0.1, -0.05) is 175 Å². The van der Waals surface area contributed by atoms with Crippen molar-refractivity contribution in [1.82, 2.24) is 0 Å². The standard InChI is InChI=1S/C96H66N4O8/c1-11-57-27-31-65-47-69(39-35-61(65)43-57)101-79-19-15-21-81(75(79)55-97)105-87-51-73-77(53-89(87)106-82-22-16-20-80(76(82)56-98)102-70-40-36-62-44-58(12-2)28-32-66(62)48-70)95(5,6)92-74-52-88(107-85-25-17-23-83(93(85)99-9)103-71-41-37-63-45-59(13-3)29-33-67(63)49-71)90(54-78(74)96(7,8)91(73)92)108-86-26-18-24-84(94(86)100-10)104-72-42-38-64-46-60(14-4)30-34-68(64)50-72/h11-54,91-92H,1-4H2,5-8H3. The zero-order valence-corrected chi connectivity index (χ0v) is 59.4. The van der Waals surface area contributed by atoms with Crippen molar-refractivity contribution in [3.05, 3.63) is 347 Å². The molecule has 0 aliphatic heterocycles. The second-order valence-electron chi connectivity index (χ2n) is 27.8. The normalized spacial score (nSPS) is 14.0. The Hall–Kier alpha value is -14.6. The molecule has 12 nitrogen and oxygen atoms in total. The van der Waals surface area contributed by atoms with Crippen LogP contribution in [0, 0.1) is 35.8 Å². The molecule has 0 N–H and O–H groups in total. The van der Waals surface area contributed by atoms with Crippen LogP contribution in [0.1, 0.15) is 95.2 Å².